The monoisotopic (exact) mass is 226 g/mol. The molecular formula is C11H14O5. The maximum Gasteiger partial charge on any atom is 0.339 e. The Labute approximate surface area is 92.7 Å². The van der Waals surface area contributed by atoms with Crippen LogP contribution in [0.1, 0.15) is 24.7 Å². The molecule has 0 fully saturated rings. The minimum Gasteiger partial charge on any atom is -0.496 e. The molecule has 88 valence electrons. The van der Waals surface area contributed by atoms with Crippen LogP contribution >= 0.6 is 0 Å². The van der Waals surface area contributed by atoms with Crippen molar-refractivity contribution in [1.82, 2.24) is 0 Å². The highest BCUT2D eigenvalue weighted by Crippen LogP contribution is 2.21. The molecule has 0 unspecified atom stereocenters. The Morgan fingerprint density at radius 3 is 2.75 bits per heavy atom. The minimum atomic E-state index is -0.603. The normalized spacial score (nSPS) is 10.2. The van der Waals surface area contributed by atoms with Gasteiger partial charge in [0.15, 0.2) is 0 Å². The largest absolute Gasteiger partial charge is 0.496 e. The Kier molecular flexibility index (Phi) is 4.25. The maximum absolute atomic E-state index is 11.3. The molecule has 0 aliphatic rings. The molecule has 0 spiro atoms. The molecule has 0 radical (unpaired) electrons. The number of ether oxygens (including phenoxy) is 1. The molecule has 0 saturated heterocycles. The first kappa shape index (κ1) is 12.4. The number of carbonyl (C=O) groups excluding carboxylic acids is 1. The molecule has 1 aromatic rings. The molecule has 0 bridgehead atoms. The molecule has 5 nitrogen and oxygen atoms in total. The van der Waals surface area contributed by atoms with Crippen LogP contribution in [-0.4, -0.2) is 18.0 Å². The fourth-order valence-electron chi connectivity index (χ4n) is 1.36. The van der Waals surface area contributed by atoms with Crippen molar-refractivity contribution in [3.63, 3.8) is 0 Å². The van der Waals surface area contributed by atoms with Crippen LogP contribution in [0, 0.1) is 0 Å². The van der Waals surface area contributed by atoms with Gasteiger partial charge in [0, 0.05) is 18.4 Å². The van der Waals surface area contributed by atoms with E-state index in [0.29, 0.717) is 12.0 Å². The summed E-state index contributed by atoms with van der Waals surface area (Å²) >= 11 is 0. The Morgan fingerprint density at radius 2 is 2.25 bits per heavy atom. The molecule has 1 rings (SSSR count). The fraction of sp³-hybridized carbons (Fsp3) is 0.455. The van der Waals surface area contributed by atoms with Gasteiger partial charge in [-0.3, -0.25) is 4.79 Å². The van der Waals surface area contributed by atoms with Crippen LogP contribution in [0.5, 0.6) is 5.75 Å². The van der Waals surface area contributed by atoms with E-state index < -0.39 is 12.2 Å². The summed E-state index contributed by atoms with van der Waals surface area (Å²) in [5.74, 6) is 0.357. The zero-order chi connectivity index (χ0) is 12.1. The third-order valence-corrected chi connectivity index (χ3v) is 2.24. The van der Waals surface area contributed by atoms with E-state index in [1.54, 1.807) is 6.92 Å². The van der Waals surface area contributed by atoms with E-state index in [2.05, 4.69) is 0 Å². The number of carbonyl (C=O) groups is 1. The summed E-state index contributed by atoms with van der Waals surface area (Å²) in [6, 6.07) is 1.16. The van der Waals surface area contributed by atoms with E-state index in [0.717, 1.165) is 6.07 Å². The van der Waals surface area contributed by atoms with Gasteiger partial charge in [-0.2, -0.15) is 0 Å². The van der Waals surface area contributed by atoms with Crippen molar-refractivity contribution in [3.8, 4) is 5.75 Å². The summed E-state index contributed by atoms with van der Waals surface area (Å²) in [5, 5.41) is 9.05. The number of aliphatic hydroxyl groups excluding tert-OH is 1. The van der Waals surface area contributed by atoms with E-state index in [1.807, 2.05) is 0 Å². The number of Topliss-reactive ketones (excluding diaryl/α,β-unsaturated/α-hetero) is 1. The lowest BCUT2D eigenvalue weighted by Gasteiger charge is -2.09. The van der Waals surface area contributed by atoms with Crippen molar-refractivity contribution in [2.24, 2.45) is 0 Å². The van der Waals surface area contributed by atoms with Crippen molar-refractivity contribution in [3.05, 3.63) is 27.8 Å². The average molecular weight is 226 g/mol. The Balaban J connectivity index is 3.22. The van der Waals surface area contributed by atoms with Gasteiger partial charge in [0.2, 0.25) is 0 Å². The van der Waals surface area contributed by atoms with Crippen molar-refractivity contribution >= 4 is 5.78 Å². The van der Waals surface area contributed by atoms with Crippen molar-refractivity contribution in [2.45, 2.75) is 26.4 Å². The van der Waals surface area contributed by atoms with Crippen LogP contribution in [0.4, 0.5) is 0 Å². The average Bonchev–Trinajstić information content (AvgIpc) is 2.30. The molecule has 1 N–H and O–H groups in total. The second-order valence-corrected chi connectivity index (χ2v) is 3.26. The van der Waals surface area contributed by atoms with Gasteiger partial charge in [0.05, 0.1) is 13.2 Å². The molecular weight excluding hydrogens is 212 g/mol. The maximum atomic E-state index is 11.3. The predicted molar refractivity (Wildman–Crippen MR) is 56.5 cm³/mol. The van der Waals surface area contributed by atoms with Gasteiger partial charge in [0.25, 0.3) is 0 Å². The van der Waals surface area contributed by atoms with E-state index in [9.17, 15) is 9.59 Å². The first-order chi connectivity index (χ1) is 7.62. The number of rotatable bonds is 5. The van der Waals surface area contributed by atoms with Crippen LogP contribution in [0.15, 0.2) is 15.3 Å². The van der Waals surface area contributed by atoms with Gasteiger partial charge in [-0.05, 0) is 0 Å². The molecule has 1 heterocycles. The molecule has 0 amide bonds. The summed E-state index contributed by atoms with van der Waals surface area (Å²) in [6.07, 6.45) is 0.479. The van der Waals surface area contributed by atoms with Crippen LogP contribution < -0.4 is 10.4 Å². The molecule has 1 aromatic heterocycles. The van der Waals surface area contributed by atoms with Crippen LogP contribution in [-0.2, 0) is 17.8 Å². The third-order valence-electron chi connectivity index (χ3n) is 2.24. The number of hydrogen-bond donors (Lipinski definition) is 1. The summed E-state index contributed by atoms with van der Waals surface area (Å²) in [5.41, 5.74) is -0.162. The number of hydrogen-bond acceptors (Lipinski definition) is 5. The van der Waals surface area contributed by atoms with Gasteiger partial charge >= 0.3 is 5.63 Å². The molecule has 0 aliphatic carbocycles. The Hall–Kier alpha value is -1.62. The molecule has 0 atom stereocenters. The molecule has 16 heavy (non-hydrogen) atoms. The van der Waals surface area contributed by atoms with Crippen LogP contribution in [0.3, 0.4) is 0 Å². The second-order valence-electron chi connectivity index (χ2n) is 3.26. The van der Waals surface area contributed by atoms with Gasteiger partial charge in [-0.15, -0.1) is 0 Å². The first-order valence-corrected chi connectivity index (χ1v) is 4.94. The van der Waals surface area contributed by atoms with Gasteiger partial charge in [-0.25, -0.2) is 4.79 Å². The molecule has 0 saturated carbocycles. The summed E-state index contributed by atoms with van der Waals surface area (Å²) < 4.78 is 9.80. The summed E-state index contributed by atoms with van der Waals surface area (Å²) in [4.78, 5) is 22.4. The number of aliphatic hydroxyl groups is 1. The molecule has 0 aromatic carbocycles. The standard InChI is InChI=1S/C11H14O5/c1-3-7(13)4-8-9(15-2)5-11(14)16-10(8)6-12/h5,12H,3-4,6H2,1-2H3. The third kappa shape index (κ3) is 2.70. The zero-order valence-corrected chi connectivity index (χ0v) is 9.28. The predicted octanol–water partition coefficient (Wildman–Crippen LogP) is 0.662. The highest BCUT2D eigenvalue weighted by molar-refractivity contribution is 5.81. The van der Waals surface area contributed by atoms with Gasteiger partial charge < -0.3 is 14.3 Å². The van der Waals surface area contributed by atoms with E-state index in [4.69, 9.17) is 14.3 Å². The van der Waals surface area contributed by atoms with E-state index >= 15 is 0 Å². The van der Waals surface area contributed by atoms with Crippen LogP contribution in [0.25, 0.3) is 0 Å². The SMILES string of the molecule is CCC(=O)Cc1c(OC)cc(=O)oc1CO. The highest BCUT2D eigenvalue weighted by atomic mass is 16.5. The topological polar surface area (TPSA) is 76.7 Å². The number of ketones is 1. The summed E-state index contributed by atoms with van der Waals surface area (Å²) in [6.45, 7) is 1.31. The fourth-order valence-corrected chi connectivity index (χ4v) is 1.36. The smallest absolute Gasteiger partial charge is 0.339 e. The molecule has 5 heteroatoms. The lowest BCUT2D eigenvalue weighted by Crippen LogP contribution is -2.10. The van der Waals surface area contributed by atoms with Crippen molar-refractivity contribution in [2.75, 3.05) is 7.11 Å². The van der Waals surface area contributed by atoms with E-state index in [1.165, 1.54) is 7.11 Å². The number of methoxy groups -OCH3 is 1. The lowest BCUT2D eigenvalue weighted by molar-refractivity contribution is -0.118. The van der Waals surface area contributed by atoms with Gasteiger partial charge in [-0.1, -0.05) is 6.92 Å². The second kappa shape index (κ2) is 5.46. The van der Waals surface area contributed by atoms with Gasteiger partial charge in [0.1, 0.15) is 23.9 Å². The summed E-state index contributed by atoms with van der Waals surface area (Å²) in [7, 11) is 1.40. The Morgan fingerprint density at radius 1 is 1.56 bits per heavy atom. The van der Waals surface area contributed by atoms with E-state index in [-0.39, 0.29) is 23.7 Å². The first-order valence-electron chi connectivity index (χ1n) is 4.94. The highest BCUT2D eigenvalue weighted by Gasteiger charge is 2.15. The van der Waals surface area contributed by atoms with Crippen LogP contribution in [0.2, 0.25) is 0 Å². The van der Waals surface area contributed by atoms with Crippen molar-refractivity contribution < 1.29 is 19.1 Å². The van der Waals surface area contributed by atoms with Crippen molar-refractivity contribution in [1.29, 1.82) is 0 Å². The Bertz CT molecular complexity index is 404. The zero-order valence-electron chi connectivity index (χ0n) is 9.28. The minimum absolute atomic E-state index is 0.0122. The lowest BCUT2D eigenvalue weighted by atomic mass is 10.1. The molecule has 0 aliphatic heterocycles. The quantitative estimate of drug-likeness (QED) is 0.798.